The molecule has 0 saturated heterocycles. The Morgan fingerprint density at radius 3 is 2.43 bits per heavy atom. The fraction of sp³-hybridized carbons (Fsp3) is 0.263. The Labute approximate surface area is 171 Å². The Morgan fingerprint density at radius 1 is 1.03 bits per heavy atom. The van der Waals surface area contributed by atoms with Crippen molar-refractivity contribution in [1.29, 1.82) is 0 Å². The number of carbonyl (C=O) groups excluding carboxylic acids is 3. The summed E-state index contributed by atoms with van der Waals surface area (Å²) in [6.45, 7) is 1.92. The topological polar surface area (TPSA) is 167 Å². The highest BCUT2D eigenvalue weighted by Crippen LogP contribution is 2.28. The highest BCUT2D eigenvalue weighted by Gasteiger charge is 2.15. The summed E-state index contributed by atoms with van der Waals surface area (Å²) >= 11 is 0. The van der Waals surface area contributed by atoms with Gasteiger partial charge in [-0.1, -0.05) is 0 Å². The average molecular weight is 419 g/mol. The zero-order valence-corrected chi connectivity index (χ0v) is 16.1. The minimum Gasteiger partial charge on any atom is -0.494 e. The average Bonchev–Trinajstić information content (AvgIpc) is 3.22. The van der Waals surface area contributed by atoms with Gasteiger partial charge in [0.15, 0.2) is 5.76 Å². The SMILES string of the molecule is CCOc1cc(C(=O)O)cc(-c2ccc(C(=O)NCNC(=O)CCC(=O)NO)o2)c1. The van der Waals surface area contributed by atoms with Gasteiger partial charge in [-0.2, -0.15) is 0 Å². The molecule has 1 aromatic carbocycles. The molecule has 0 atom stereocenters. The molecular weight excluding hydrogens is 398 g/mol. The van der Waals surface area contributed by atoms with Crippen molar-refractivity contribution in [3.8, 4) is 17.1 Å². The van der Waals surface area contributed by atoms with E-state index in [1.807, 2.05) is 0 Å². The first kappa shape index (κ1) is 22.4. The van der Waals surface area contributed by atoms with Crippen molar-refractivity contribution in [2.45, 2.75) is 19.8 Å². The number of hydrogen-bond acceptors (Lipinski definition) is 7. The maximum absolute atomic E-state index is 12.2. The van der Waals surface area contributed by atoms with Crippen LogP contribution in [0.15, 0.2) is 34.7 Å². The molecule has 30 heavy (non-hydrogen) atoms. The lowest BCUT2D eigenvalue weighted by atomic mass is 10.1. The summed E-state index contributed by atoms with van der Waals surface area (Å²) in [7, 11) is 0. The van der Waals surface area contributed by atoms with Gasteiger partial charge in [0.1, 0.15) is 11.5 Å². The summed E-state index contributed by atoms with van der Waals surface area (Å²) < 4.78 is 10.9. The molecule has 2 aromatic rings. The van der Waals surface area contributed by atoms with Crippen molar-refractivity contribution >= 4 is 23.7 Å². The number of carboxylic acids is 1. The number of hydrogen-bond donors (Lipinski definition) is 5. The second-order valence-corrected chi connectivity index (χ2v) is 5.97. The van der Waals surface area contributed by atoms with E-state index in [-0.39, 0.29) is 36.6 Å². The number of hydroxylamine groups is 1. The van der Waals surface area contributed by atoms with Crippen LogP contribution in [0.4, 0.5) is 0 Å². The van der Waals surface area contributed by atoms with Crippen LogP contribution >= 0.6 is 0 Å². The predicted octanol–water partition coefficient (Wildman–Crippen LogP) is 1.13. The minimum atomic E-state index is -1.13. The second-order valence-electron chi connectivity index (χ2n) is 5.97. The van der Waals surface area contributed by atoms with E-state index in [9.17, 15) is 24.3 Å². The molecule has 0 aliphatic rings. The number of ether oxygens (including phenoxy) is 1. The van der Waals surface area contributed by atoms with Crippen molar-refractivity contribution in [1.82, 2.24) is 16.1 Å². The monoisotopic (exact) mass is 419 g/mol. The van der Waals surface area contributed by atoms with Crippen molar-refractivity contribution in [2.75, 3.05) is 13.3 Å². The molecule has 0 fully saturated rings. The lowest BCUT2D eigenvalue weighted by molar-refractivity contribution is -0.131. The number of nitrogens with one attached hydrogen (secondary N) is 3. The molecule has 0 aliphatic carbocycles. The van der Waals surface area contributed by atoms with E-state index in [0.717, 1.165) is 0 Å². The number of rotatable bonds is 10. The molecular formula is C19H21N3O8. The molecule has 11 heteroatoms. The Bertz CT molecular complexity index is 938. The maximum atomic E-state index is 12.2. The van der Waals surface area contributed by atoms with Gasteiger partial charge in [-0.3, -0.25) is 19.6 Å². The van der Waals surface area contributed by atoms with E-state index in [1.165, 1.54) is 29.7 Å². The molecule has 0 unspecified atom stereocenters. The van der Waals surface area contributed by atoms with Crippen LogP contribution < -0.4 is 20.9 Å². The fourth-order valence-corrected chi connectivity index (χ4v) is 2.41. The van der Waals surface area contributed by atoms with Crippen LogP contribution in [0.5, 0.6) is 5.75 Å². The third kappa shape index (κ3) is 6.34. The lowest BCUT2D eigenvalue weighted by Gasteiger charge is -2.07. The van der Waals surface area contributed by atoms with Crippen LogP contribution in [0, 0.1) is 0 Å². The summed E-state index contributed by atoms with van der Waals surface area (Å²) in [5.74, 6) is -2.35. The Balaban J connectivity index is 1.99. The summed E-state index contributed by atoms with van der Waals surface area (Å²) in [5.41, 5.74) is 1.84. The van der Waals surface area contributed by atoms with Gasteiger partial charge in [-0.25, -0.2) is 10.3 Å². The van der Waals surface area contributed by atoms with Gasteiger partial charge in [-0.15, -0.1) is 0 Å². The van der Waals surface area contributed by atoms with E-state index in [1.54, 1.807) is 13.0 Å². The second kappa shape index (κ2) is 10.6. The predicted molar refractivity (Wildman–Crippen MR) is 102 cm³/mol. The summed E-state index contributed by atoms with van der Waals surface area (Å²) in [6, 6.07) is 7.30. The van der Waals surface area contributed by atoms with Crippen LogP contribution in [-0.4, -0.2) is 47.3 Å². The van der Waals surface area contributed by atoms with Gasteiger partial charge in [0, 0.05) is 18.4 Å². The van der Waals surface area contributed by atoms with Gasteiger partial charge >= 0.3 is 5.97 Å². The standard InChI is InChI=1S/C19H21N3O8/c1-2-29-13-8-11(7-12(9-13)19(26)27)14-3-4-15(30-14)18(25)21-10-20-16(23)5-6-17(24)22-28/h3-4,7-9,28H,2,5-6,10H2,1H3,(H,20,23)(H,21,25)(H,22,24)(H,26,27). The van der Waals surface area contributed by atoms with Crippen molar-refractivity contribution < 1.29 is 38.6 Å². The highest BCUT2D eigenvalue weighted by molar-refractivity contribution is 5.93. The Morgan fingerprint density at radius 2 is 1.77 bits per heavy atom. The first-order valence-electron chi connectivity index (χ1n) is 8.93. The molecule has 160 valence electrons. The van der Waals surface area contributed by atoms with Crippen molar-refractivity contribution in [3.05, 3.63) is 41.7 Å². The molecule has 11 nitrogen and oxygen atoms in total. The summed E-state index contributed by atoms with van der Waals surface area (Å²) in [5, 5.41) is 22.4. The summed E-state index contributed by atoms with van der Waals surface area (Å²) in [4.78, 5) is 45.9. The van der Waals surface area contributed by atoms with Gasteiger partial charge in [0.25, 0.3) is 5.91 Å². The molecule has 0 spiro atoms. The molecule has 1 heterocycles. The largest absolute Gasteiger partial charge is 0.494 e. The number of furan rings is 1. The number of aromatic carboxylic acids is 1. The van der Waals surface area contributed by atoms with E-state index >= 15 is 0 Å². The zero-order valence-electron chi connectivity index (χ0n) is 16.1. The van der Waals surface area contributed by atoms with Crippen LogP contribution in [0.1, 0.15) is 40.7 Å². The molecule has 1 aromatic heterocycles. The third-order valence-corrected chi connectivity index (χ3v) is 3.82. The number of carbonyl (C=O) groups is 4. The van der Waals surface area contributed by atoms with Crippen LogP contribution in [-0.2, 0) is 9.59 Å². The third-order valence-electron chi connectivity index (χ3n) is 3.82. The first-order valence-corrected chi connectivity index (χ1v) is 8.93. The molecule has 0 radical (unpaired) electrons. The van der Waals surface area contributed by atoms with Crippen molar-refractivity contribution in [2.24, 2.45) is 0 Å². The van der Waals surface area contributed by atoms with Crippen LogP contribution in [0.3, 0.4) is 0 Å². The maximum Gasteiger partial charge on any atom is 0.335 e. The number of benzene rings is 1. The highest BCUT2D eigenvalue weighted by atomic mass is 16.5. The Kier molecular flexibility index (Phi) is 7.94. The van der Waals surface area contributed by atoms with E-state index in [4.69, 9.17) is 14.4 Å². The molecule has 3 amide bonds. The first-order chi connectivity index (χ1) is 14.3. The number of amides is 3. The van der Waals surface area contributed by atoms with Gasteiger partial charge in [-0.05, 0) is 37.3 Å². The zero-order chi connectivity index (χ0) is 22.1. The smallest absolute Gasteiger partial charge is 0.335 e. The van der Waals surface area contributed by atoms with E-state index in [0.29, 0.717) is 17.9 Å². The molecule has 0 bridgehead atoms. The molecule has 5 N–H and O–H groups in total. The van der Waals surface area contributed by atoms with Gasteiger partial charge in [0.2, 0.25) is 11.8 Å². The normalized spacial score (nSPS) is 10.2. The van der Waals surface area contributed by atoms with Gasteiger partial charge in [0.05, 0.1) is 18.8 Å². The van der Waals surface area contributed by atoms with Gasteiger partial charge < -0.3 is 24.9 Å². The van der Waals surface area contributed by atoms with Crippen LogP contribution in [0.2, 0.25) is 0 Å². The Hall–Kier alpha value is -3.86. The van der Waals surface area contributed by atoms with E-state index < -0.39 is 23.7 Å². The fourth-order valence-electron chi connectivity index (χ4n) is 2.41. The quantitative estimate of drug-likeness (QED) is 0.217. The molecule has 0 saturated carbocycles. The molecule has 2 rings (SSSR count). The van der Waals surface area contributed by atoms with Crippen LogP contribution in [0.25, 0.3) is 11.3 Å². The summed E-state index contributed by atoms with van der Waals surface area (Å²) in [6.07, 6.45) is -0.355. The number of carboxylic acid groups (broad SMARTS) is 1. The van der Waals surface area contributed by atoms with E-state index in [2.05, 4.69) is 10.6 Å². The minimum absolute atomic E-state index is 0.0101. The van der Waals surface area contributed by atoms with Crippen molar-refractivity contribution in [3.63, 3.8) is 0 Å². The lowest BCUT2D eigenvalue weighted by Crippen LogP contribution is -2.37. The molecule has 0 aliphatic heterocycles.